The summed E-state index contributed by atoms with van der Waals surface area (Å²) in [7, 11) is 0. The molecule has 0 aliphatic heterocycles. The number of hydrogen-bond acceptors (Lipinski definition) is 4. The molecule has 2 N–H and O–H groups in total. The molecule has 152 valence electrons. The van der Waals surface area contributed by atoms with Crippen LogP contribution in [0.2, 0.25) is 0 Å². The van der Waals surface area contributed by atoms with Gasteiger partial charge < -0.3 is 10.6 Å². The predicted octanol–water partition coefficient (Wildman–Crippen LogP) is 5.41. The van der Waals surface area contributed by atoms with Crippen molar-refractivity contribution in [1.29, 1.82) is 0 Å². The summed E-state index contributed by atoms with van der Waals surface area (Å²) in [5.74, 6) is 0.224. The largest absolute Gasteiger partial charge is 0.348 e. The summed E-state index contributed by atoms with van der Waals surface area (Å²) >= 11 is 3.16. The Kier molecular flexibility index (Phi) is 7.23. The molecule has 2 amide bonds. The Morgan fingerprint density at radius 1 is 0.862 bits per heavy atom. The number of thiophene rings is 2. The molecule has 4 nitrogen and oxygen atoms in total. The van der Waals surface area contributed by atoms with E-state index in [1.54, 1.807) is 11.3 Å². The van der Waals surface area contributed by atoms with Crippen LogP contribution in [0.25, 0.3) is 0 Å². The summed E-state index contributed by atoms with van der Waals surface area (Å²) < 4.78 is 0. The van der Waals surface area contributed by atoms with Gasteiger partial charge in [0, 0.05) is 16.7 Å². The van der Waals surface area contributed by atoms with Crippen molar-refractivity contribution in [3.63, 3.8) is 0 Å². The zero-order valence-corrected chi connectivity index (χ0v) is 18.5. The molecule has 0 radical (unpaired) electrons. The molecule has 2 atom stereocenters. The van der Waals surface area contributed by atoms with Crippen LogP contribution in [-0.2, 0) is 9.59 Å². The van der Waals surface area contributed by atoms with E-state index >= 15 is 0 Å². The summed E-state index contributed by atoms with van der Waals surface area (Å²) in [5.41, 5.74) is 2.32. The minimum Gasteiger partial charge on any atom is -0.348 e. The SMILES string of the molecule is CC(=O)NC(CC(=O)NC(c1ccc(C(C)C)cc1)c1cccs1)c1cccs1. The lowest BCUT2D eigenvalue weighted by Crippen LogP contribution is -2.34. The fourth-order valence-electron chi connectivity index (χ4n) is 3.21. The molecule has 3 rings (SSSR count). The summed E-state index contributed by atoms with van der Waals surface area (Å²) in [6.45, 7) is 5.81. The topological polar surface area (TPSA) is 58.2 Å². The van der Waals surface area contributed by atoms with Gasteiger partial charge in [0.2, 0.25) is 11.8 Å². The highest BCUT2D eigenvalue weighted by Crippen LogP contribution is 2.29. The number of benzene rings is 1. The molecular weight excluding hydrogens is 400 g/mol. The van der Waals surface area contributed by atoms with Crippen molar-refractivity contribution in [3.05, 3.63) is 80.2 Å². The van der Waals surface area contributed by atoms with E-state index in [1.165, 1.54) is 23.8 Å². The molecule has 0 saturated carbocycles. The number of rotatable bonds is 8. The van der Waals surface area contributed by atoms with Gasteiger partial charge in [-0.3, -0.25) is 9.59 Å². The highest BCUT2D eigenvalue weighted by Gasteiger charge is 2.22. The van der Waals surface area contributed by atoms with Crippen LogP contribution in [-0.4, -0.2) is 11.8 Å². The first kappa shape index (κ1) is 21.3. The van der Waals surface area contributed by atoms with Crippen molar-refractivity contribution >= 4 is 34.5 Å². The van der Waals surface area contributed by atoms with E-state index in [0.717, 1.165) is 15.3 Å². The molecule has 29 heavy (non-hydrogen) atoms. The van der Waals surface area contributed by atoms with Crippen molar-refractivity contribution in [2.75, 3.05) is 0 Å². The maximum absolute atomic E-state index is 12.9. The minimum atomic E-state index is -0.320. The average Bonchev–Trinajstić information content (AvgIpc) is 3.39. The second-order valence-electron chi connectivity index (χ2n) is 7.31. The van der Waals surface area contributed by atoms with Crippen LogP contribution in [0.5, 0.6) is 0 Å². The Morgan fingerprint density at radius 3 is 1.97 bits per heavy atom. The van der Waals surface area contributed by atoms with Crippen molar-refractivity contribution < 1.29 is 9.59 Å². The molecule has 0 fully saturated rings. The van der Waals surface area contributed by atoms with Gasteiger partial charge in [0.1, 0.15) is 0 Å². The van der Waals surface area contributed by atoms with Crippen molar-refractivity contribution in [1.82, 2.24) is 10.6 Å². The van der Waals surface area contributed by atoms with Gasteiger partial charge in [0.25, 0.3) is 0 Å². The number of nitrogens with one attached hydrogen (secondary N) is 2. The Balaban J connectivity index is 1.78. The zero-order chi connectivity index (χ0) is 20.8. The Bertz CT molecular complexity index is 916. The highest BCUT2D eigenvalue weighted by molar-refractivity contribution is 7.10. The van der Waals surface area contributed by atoms with E-state index in [1.807, 2.05) is 35.0 Å². The second kappa shape index (κ2) is 9.85. The molecule has 2 heterocycles. The number of hydrogen-bond donors (Lipinski definition) is 2. The van der Waals surface area contributed by atoms with E-state index in [0.29, 0.717) is 5.92 Å². The molecule has 0 spiro atoms. The van der Waals surface area contributed by atoms with Gasteiger partial charge in [-0.05, 0) is 39.9 Å². The van der Waals surface area contributed by atoms with Gasteiger partial charge in [-0.2, -0.15) is 0 Å². The van der Waals surface area contributed by atoms with E-state index < -0.39 is 0 Å². The molecule has 2 aromatic heterocycles. The Hall–Kier alpha value is -2.44. The van der Waals surface area contributed by atoms with E-state index in [4.69, 9.17) is 0 Å². The van der Waals surface area contributed by atoms with Crippen LogP contribution in [0.15, 0.2) is 59.3 Å². The van der Waals surface area contributed by atoms with Crippen LogP contribution in [0, 0.1) is 0 Å². The van der Waals surface area contributed by atoms with Gasteiger partial charge in [-0.25, -0.2) is 0 Å². The first-order valence-electron chi connectivity index (χ1n) is 9.67. The van der Waals surface area contributed by atoms with Crippen molar-refractivity contribution in [2.24, 2.45) is 0 Å². The predicted molar refractivity (Wildman–Crippen MR) is 120 cm³/mol. The lowest BCUT2D eigenvalue weighted by molar-refractivity contribution is -0.123. The fraction of sp³-hybridized carbons (Fsp3) is 0.304. The van der Waals surface area contributed by atoms with Crippen LogP contribution in [0.4, 0.5) is 0 Å². The summed E-state index contributed by atoms with van der Waals surface area (Å²) in [4.78, 5) is 26.6. The fourth-order valence-corrected chi connectivity index (χ4v) is 4.79. The molecule has 2 unspecified atom stereocenters. The zero-order valence-electron chi connectivity index (χ0n) is 16.8. The third kappa shape index (κ3) is 5.78. The summed E-state index contributed by atoms with van der Waals surface area (Å²) in [6.07, 6.45) is 0.200. The smallest absolute Gasteiger partial charge is 0.223 e. The minimum absolute atomic E-state index is 0.0940. The summed E-state index contributed by atoms with van der Waals surface area (Å²) in [5, 5.41) is 10.0. The third-order valence-electron chi connectivity index (χ3n) is 4.72. The van der Waals surface area contributed by atoms with Gasteiger partial charge in [0.15, 0.2) is 0 Å². The summed E-state index contributed by atoms with van der Waals surface area (Å²) in [6, 6.07) is 15.8. The molecule has 0 bridgehead atoms. The average molecular weight is 427 g/mol. The van der Waals surface area contributed by atoms with Crippen LogP contribution in [0.3, 0.4) is 0 Å². The molecule has 6 heteroatoms. The second-order valence-corrected chi connectivity index (χ2v) is 9.27. The van der Waals surface area contributed by atoms with Crippen molar-refractivity contribution in [2.45, 2.75) is 45.2 Å². The first-order chi connectivity index (χ1) is 13.9. The van der Waals surface area contributed by atoms with Gasteiger partial charge in [0.05, 0.1) is 18.5 Å². The molecule has 0 saturated heterocycles. The van der Waals surface area contributed by atoms with E-state index in [9.17, 15) is 9.59 Å². The number of carbonyl (C=O) groups is 2. The molecule has 0 aliphatic carbocycles. The molecule has 1 aromatic carbocycles. The van der Waals surface area contributed by atoms with Crippen LogP contribution in [0.1, 0.15) is 66.1 Å². The lowest BCUT2D eigenvalue weighted by Gasteiger charge is -2.21. The molecule has 3 aromatic rings. The quantitative estimate of drug-likeness (QED) is 0.506. The number of amides is 2. The Labute approximate surface area is 180 Å². The standard InChI is InChI=1S/C23H26N2O2S2/c1-15(2)17-8-10-18(11-9-17)23(21-7-5-13-29-21)25-22(27)14-19(24-16(3)26)20-6-4-12-28-20/h4-13,15,19,23H,14H2,1-3H3,(H,24,26)(H,25,27). The van der Waals surface area contributed by atoms with Crippen molar-refractivity contribution in [3.8, 4) is 0 Å². The Morgan fingerprint density at radius 2 is 1.45 bits per heavy atom. The van der Waals surface area contributed by atoms with Gasteiger partial charge in [-0.1, -0.05) is 50.2 Å². The number of carbonyl (C=O) groups excluding carboxylic acids is 2. The highest BCUT2D eigenvalue weighted by atomic mass is 32.1. The monoisotopic (exact) mass is 426 g/mol. The van der Waals surface area contributed by atoms with E-state index in [-0.39, 0.29) is 30.3 Å². The first-order valence-corrected chi connectivity index (χ1v) is 11.4. The lowest BCUT2D eigenvalue weighted by atomic mass is 9.98. The maximum Gasteiger partial charge on any atom is 0.223 e. The van der Waals surface area contributed by atoms with Gasteiger partial charge in [-0.15, -0.1) is 22.7 Å². The normalized spacial score (nSPS) is 13.1. The maximum atomic E-state index is 12.9. The van der Waals surface area contributed by atoms with Crippen LogP contribution >= 0.6 is 22.7 Å². The molecular formula is C23H26N2O2S2. The van der Waals surface area contributed by atoms with Gasteiger partial charge >= 0.3 is 0 Å². The third-order valence-corrected chi connectivity index (χ3v) is 6.65. The molecule has 0 aliphatic rings. The van der Waals surface area contributed by atoms with Crippen LogP contribution < -0.4 is 10.6 Å². The van der Waals surface area contributed by atoms with E-state index in [2.05, 4.69) is 48.7 Å².